The second-order valence-electron chi connectivity index (χ2n) is 3.44. The second kappa shape index (κ2) is 5.42. The minimum absolute atomic E-state index is 0.110. The third-order valence-electron chi connectivity index (χ3n) is 2.36. The Morgan fingerprint density at radius 2 is 2.20 bits per heavy atom. The number of benzene rings is 1. The summed E-state index contributed by atoms with van der Waals surface area (Å²) in [6.45, 7) is 3.84. The zero-order valence-corrected chi connectivity index (χ0v) is 10.8. The standard InChI is InChI=1S/C12H15BrO2/c1-4-11(14)12(15-3)9-5-6-10(13)8(2)7-9/h5-7,12H,4H2,1-3H3. The van der Waals surface area contributed by atoms with Gasteiger partial charge in [0.15, 0.2) is 5.78 Å². The largest absolute Gasteiger partial charge is 0.369 e. The van der Waals surface area contributed by atoms with Crippen LogP contribution in [0.1, 0.15) is 30.6 Å². The van der Waals surface area contributed by atoms with Crippen LogP contribution in [0, 0.1) is 6.92 Å². The fraction of sp³-hybridized carbons (Fsp3) is 0.417. The Morgan fingerprint density at radius 3 is 2.67 bits per heavy atom. The molecule has 0 fully saturated rings. The van der Waals surface area contributed by atoms with Crippen molar-refractivity contribution in [2.75, 3.05) is 7.11 Å². The van der Waals surface area contributed by atoms with Crippen molar-refractivity contribution < 1.29 is 9.53 Å². The summed E-state index contributed by atoms with van der Waals surface area (Å²) in [4.78, 5) is 11.6. The molecule has 3 heteroatoms. The fourth-order valence-corrected chi connectivity index (χ4v) is 1.72. The minimum atomic E-state index is -0.429. The number of hydrogen-bond donors (Lipinski definition) is 0. The average molecular weight is 271 g/mol. The van der Waals surface area contributed by atoms with E-state index in [1.54, 1.807) is 7.11 Å². The molecule has 15 heavy (non-hydrogen) atoms. The SMILES string of the molecule is CCC(=O)C(OC)c1ccc(Br)c(C)c1. The van der Waals surface area contributed by atoms with E-state index < -0.39 is 6.10 Å². The van der Waals surface area contributed by atoms with Crippen molar-refractivity contribution in [3.63, 3.8) is 0 Å². The Kier molecular flexibility index (Phi) is 4.48. The average Bonchev–Trinajstić information content (AvgIpc) is 2.24. The molecule has 0 N–H and O–H groups in total. The Hall–Kier alpha value is -0.670. The van der Waals surface area contributed by atoms with Gasteiger partial charge in [-0.15, -0.1) is 0 Å². The first-order chi connectivity index (χ1) is 7.10. The zero-order valence-electron chi connectivity index (χ0n) is 9.21. The molecule has 82 valence electrons. The van der Waals surface area contributed by atoms with Crippen molar-refractivity contribution >= 4 is 21.7 Å². The lowest BCUT2D eigenvalue weighted by molar-refractivity contribution is -0.128. The Bertz CT molecular complexity index is 361. The molecule has 0 radical (unpaired) electrons. The van der Waals surface area contributed by atoms with E-state index in [-0.39, 0.29) is 5.78 Å². The van der Waals surface area contributed by atoms with Gasteiger partial charge in [0.05, 0.1) is 0 Å². The molecule has 2 nitrogen and oxygen atoms in total. The number of aryl methyl sites for hydroxylation is 1. The van der Waals surface area contributed by atoms with Gasteiger partial charge in [0, 0.05) is 18.0 Å². The van der Waals surface area contributed by atoms with Gasteiger partial charge in [-0.3, -0.25) is 4.79 Å². The van der Waals surface area contributed by atoms with E-state index in [4.69, 9.17) is 4.74 Å². The maximum absolute atomic E-state index is 11.6. The maximum atomic E-state index is 11.6. The van der Waals surface area contributed by atoms with Crippen LogP contribution in [0.4, 0.5) is 0 Å². The first-order valence-electron chi connectivity index (χ1n) is 4.91. The van der Waals surface area contributed by atoms with Crippen LogP contribution in [-0.4, -0.2) is 12.9 Å². The summed E-state index contributed by atoms with van der Waals surface area (Å²) in [5, 5.41) is 0. The van der Waals surface area contributed by atoms with Crippen LogP contribution in [0.25, 0.3) is 0 Å². The van der Waals surface area contributed by atoms with Crippen molar-refractivity contribution in [2.45, 2.75) is 26.4 Å². The van der Waals surface area contributed by atoms with Crippen molar-refractivity contribution in [3.05, 3.63) is 33.8 Å². The van der Waals surface area contributed by atoms with Crippen molar-refractivity contribution in [1.29, 1.82) is 0 Å². The van der Waals surface area contributed by atoms with Gasteiger partial charge in [-0.05, 0) is 24.1 Å². The Labute approximate surface area is 98.8 Å². The number of rotatable bonds is 4. The second-order valence-corrected chi connectivity index (χ2v) is 4.30. The molecule has 0 bridgehead atoms. The van der Waals surface area contributed by atoms with Gasteiger partial charge in [-0.1, -0.05) is 35.0 Å². The van der Waals surface area contributed by atoms with Gasteiger partial charge in [0.25, 0.3) is 0 Å². The van der Waals surface area contributed by atoms with E-state index in [0.29, 0.717) is 6.42 Å². The number of carbonyl (C=O) groups excluding carboxylic acids is 1. The van der Waals surface area contributed by atoms with Gasteiger partial charge in [0.2, 0.25) is 0 Å². The molecule has 0 aliphatic heterocycles. The van der Waals surface area contributed by atoms with Crippen molar-refractivity contribution in [3.8, 4) is 0 Å². The summed E-state index contributed by atoms with van der Waals surface area (Å²) < 4.78 is 6.27. The summed E-state index contributed by atoms with van der Waals surface area (Å²) >= 11 is 3.43. The summed E-state index contributed by atoms with van der Waals surface area (Å²) in [6, 6.07) is 5.84. The smallest absolute Gasteiger partial charge is 0.165 e. The molecule has 0 spiro atoms. The summed E-state index contributed by atoms with van der Waals surface area (Å²) in [7, 11) is 1.57. The van der Waals surface area contributed by atoms with E-state index in [1.807, 2.05) is 32.0 Å². The highest BCUT2D eigenvalue weighted by molar-refractivity contribution is 9.10. The van der Waals surface area contributed by atoms with E-state index >= 15 is 0 Å². The minimum Gasteiger partial charge on any atom is -0.369 e. The van der Waals surface area contributed by atoms with Gasteiger partial charge in [-0.2, -0.15) is 0 Å². The molecule has 0 saturated heterocycles. The first-order valence-corrected chi connectivity index (χ1v) is 5.71. The maximum Gasteiger partial charge on any atom is 0.165 e. The van der Waals surface area contributed by atoms with Gasteiger partial charge >= 0.3 is 0 Å². The van der Waals surface area contributed by atoms with Crippen LogP contribution in [0.15, 0.2) is 22.7 Å². The highest BCUT2D eigenvalue weighted by atomic mass is 79.9. The number of Topliss-reactive ketones (excluding diaryl/α,β-unsaturated/α-hetero) is 1. The summed E-state index contributed by atoms with van der Waals surface area (Å²) in [6.07, 6.45) is 0.0648. The molecule has 1 unspecified atom stereocenters. The molecular formula is C12H15BrO2. The number of ether oxygens (including phenoxy) is 1. The molecule has 0 aromatic heterocycles. The lowest BCUT2D eigenvalue weighted by atomic mass is 10.0. The summed E-state index contributed by atoms with van der Waals surface area (Å²) in [5.74, 6) is 0.110. The molecule has 1 rings (SSSR count). The molecule has 0 heterocycles. The molecule has 1 atom stereocenters. The molecule has 0 aliphatic rings. The van der Waals surface area contributed by atoms with Crippen LogP contribution >= 0.6 is 15.9 Å². The third-order valence-corrected chi connectivity index (χ3v) is 3.25. The molecular weight excluding hydrogens is 256 g/mol. The normalized spacial score (nSPS) is 12.5. The van der Waals surface area contributed by atoms with Gasteiger partial charge in [0.1, 0.15) is 6.10 Å². The molecule has 0 aliphatic carbocycles. The van der Waals surface area contributed by atoms with Crippen molar-refractivity contribution in [1.82, 2.24) is 0 Å². The molecule has 1 aromatic carbocycles. The fourth-order valence-electron chi connectivity index (χ4n) is 1.47. The van der Waals surface area contributed by atoms with E-state index in [0.717, 1.165) is 15.6 Å². The van der Waals surface area contributed by atoms with Gasteiger partial charge in [-0.25, -0.2) is 0 Å². The lowest BCUT2D eigenvalue weighted by Crippen LogP contribution is -2.13. The highest BCUT2D eigenvalue weighted by Crippen LogP contribution is 2.24. The topological polar surface area (TPSA) is 26.3 Å². The number of hydrogen-bond acceptors (Lipinski definition) is 2. The molecule has 0 saturated carbocycles. The Morgan fingerprint density at radius 1 is 1.53 bits per heavy atom. The predicted octanol–water partition coefficient (Wildman–Crippen LogP) is 3.42. The molecule has 1 aromatic rings. The highest BCUT2D eigenvalue weighted by Gasteiger charge is 2.18. The zero-order chi connectivity index (χ0) is 11.4. The number of ketones is 1. The number of halogens is 1. The predicted molar refractivity (Wildman–Crippen MR) is 63.9 cm³/mol. The van der Waals surface area contributed by atoms with Crippen LogP contribution in [-0.2, 0) is 9.53 Å². The van der Waals surface area contributed by atoms with Gasteiger partial charge < -0.3 is 4.74 Å². The van der Waals surface area contributed by atoms with Crippen LogP contribution in [0.5, 0.6) is 0 Å². The quantitative estimate of drug-likeness (QED) is 0.838. The summed E-state index contributed by atoms with van der Waals surface area (Å²) in [5.41, 5.74) is 2.03. The Balaban J connectivity index is 3.02. The van der Waals surface area contributed by atoms with Crippen LogP contribution in [0.3, 0.4) is 0 Å². The van der Waals surface area contributed by atoms with Crippen LogP contribution < -0.4 is 0 Å². The van der Waals surface area contributed by atoms with E-state index in [1.165, 1.54) is 0 Å². The van der Waals surface area contributed by atoms with E-state index in [2.05, 4.69) is 15.9 Å². The van der Waals surface area contributed by atoms with Crippen molar-refractivity contribution in [2.24, 2.45) is 0 Å². The first kappa shape index (κ1) is 12.4. The number of carbonyl (C=O) groups is 1. The number of methoxy groups -OCH3 is 1. The monoisotopic (exact) mass is 270 g/mol. The third kappa shape index (κ3) is 2.89. The van der Waals surface area contributed by atoms with Crippen LogP contribution in [0.2, 0.25) is 0 Å². The van der Waals surface area contributed by atoms with E-state index in [9.17, 15) is 4.79 Å². The molecule has 0 amide bonds. The lowest BCUT2D eigenvalue weighted by Gasteiger charge is -2.14.